The van der Waals surface area contributed by atoms with Gasteiger partial charge in [-0.05, 0) is 42.8 Å². The first-order valence-corrected chi connectivity index (χ1v) is 8.88. The largest absolute Gasteiger partial charge is 0.497 e. The molecule has 124 valence electrons. The van der Waals surface area contributed by atoms with Crippen LogP contribution < -0.4 is 9.47 Å². The van der Waals surface area contributed by atoms with Gasteiger partial charge in [-0.1, -0.05) is 29.3 Å². The predicted molar refractivity (Wildman–Crippen MR) is 99.6 cm³/mol. The summed E-state index contributed by atoms with van der Waals surface area (Å²) < 4.78 is 10.9. The van der Waals surface area contributed by atoms with Crippen LogP contribution in [0, 0.1) is 6.92 Å². The van der Waals surface area contributed by atoms with Crippen molar-refractivity contribution in [3.63, 3.8) is 0 Å². The van der Waals surface area contributed by atoms with Crippen molar-refractivity contribution >= 4 is 34.5 Å². The normalized spacial score (nSPS) is 10.7. The molecule has 1 aromatic heterocycles. The SMILES string of the molecule is COc1ccc(OCc2nc(-c3ccc(Cl)c(Cl)c3C)cs2)cc1. The van der Waals surface area contributed by atoms with Gasteiger partial charge >= 0.3 is 0 Å². The number of rotatable bonds is 5. The van der Waals surface area contributed by atoms with E-state index >= 15 is 0 Å². The molecule has 3 nitrogen and oxygen atoms in total. The predicted octanol–water partition coefficient (Wildman–Crippen LogP) is 6.01. The average Bonchev–Trinajstić information content (AvgIpc) is 3.07. The van der Waals surface area contributed by atoms with Crippen molar-refractivity contribution in [3.8, 4) is 22.8 Å². The fourth-order valence-electron chi connectivity index (χ4n) is 2.25. The Morgan fingerprint density at radius 3 is 2.46 bits per heavy atom. The molecule has 0 saturated carbocycles. The van der Waals surface area contributed by atoms with Gasteiger partial charge in [-0.2, -0.15) is 0 Å². The van der Waals surface area contributed by atoms with Crippen LogP contribution in [0.4, 0.5) is 0 Å². The van der Waals surface area contributed by atoms with Gasteiger partial charge in [0.1, 0.15) is 23.1 Å². The quantitative estimate of drug-likeness (QED) is 0.543. The summed E-state index contributed by atoms with van der Waals surface area (Å²) in [5.41, 5.74) is 2.79. The standard InChI is InChI=1S/C18H15Cl2NO2S/c1-11-14(7-8-15(19)18(11)20)16-10-24-17(21-16)9-23-13-5-3-12(22-2)4-6-13/h3-8,10H,9H2,1-2H3. The van der Waals surface area contributed by atoms with Gasteiger partial charge in [0.2, 0.25) is 0 Å². The van der Waals surface area contributed by atoms with Crippen LogP contribution in [0.5, 0.6) is 11.5 Å². The van der Waals surface area contributed by atoms with E-state index in [0.717, 1.165) is 33.3 Å². The van der Waals surface area contributed by atoms with Crippen molar-refractivity contribution in [2.24, 2.45) is 0 Å². The Bertz CT molecular complexity index is 847. The lowest BCUT2D eigenvalue weighted by Gasteiger charge is -2.07. The van der Waals surface area contributed by atoms with E-state index in [1.54, 1.807) is 24.5 Å². The molecule has 0 N–H and O–H groups in total. The molecule has 0 saturated heterocycles. The molecular formula is C18H15Cl2NO2S. The minimum Gasteiger partial charge on any atom is -0.497 e. The lowest BCUT2D eigenvalue weighted by atomic mass is 10.1. The molecule has 0 atom stereocenters. The number of hydrogen-bond acceptors (Lipinski definition) is 4. The smallest absolute Gasteiger partial charge is 0.140 e. The molecule has 0 spiro atoms. The van der Waals surface area contributed by atoms with E-state index in [1.807, 2.05) is 42.6 Å². The maximum absolute atomic E-state index is 6.21. The molecule has 6 heteroatoms. The number of methoxy groups -OCH3 is 1. The van der Waals surface area contributed by atoms with E-state index in [2.05, 4.69) is 4.98 Å². The summed E-state index contributed by atoms with van der Waals surface area (Å²) in [5.74, 6) is 1.58. The molecule has 3 aromatic rings. The molecular weight excluding hydrogens is 365 g/mol. The zero-order chi connectivity index (χ0) is 17.1. The molecule has 0 amide bonds. The Kier molecular flexibility index (Phi) is 5.29. The molecule has 0 aliphatic rings. The van der Waals surface area contributed by atoms with Gasteiger partial charge in [0, 0.05) is 10.9 Å². The van der Waals surface area contributed by atoms with Gasteiger partial charge < -0.3 is 9.47 Å². The molecule has 1 heterocycles. The second-order valence-electron chi connectivity index (χ2n) is 5.12. The second kappa shape index (κ2) is 7.43. The maximum atomic E-state index is 6.21. The topological polar surface area (TPSA) is 31.4 Å². The van der Waals surface area contributed by atoms with E-state index in [0.29, 0.717) is 16.7 Å². The number of nitrogens with zero attached hydrogens (tertiary/aromatic N) is 1. The van der Waals surface area contributed by atoms with E-state index in [-0.39, 0.29) is 0 Å². The Hall–Kier alpha value is -1.75. The molecule has 0 fully saturated rings. The molecule has 2 aromatic carbocycles. The summed E-state index contributed by atoms with van der Waals surface area (Å²) >= 11 is 13.8. The fourth-order valence-corrected chi connectivity index (χ4v) is 3.32. The van der Waals surface area contributed by atoms with Crippen LogP contribution in [0.3, 0.4) is 0 Å². The zero-order valence-corrected chi connectivity index (χ0v) is 15.5. The van der Waals surface area contributed by atoms with Crippen molar-refractivity contribution < 1.29 is 9.47 Å². The highest BCUT2D eigenvalue weighted by Crippen LogP contribution is 2.34. The van der Waals surface area contributed by atoms with Crippen LogP contribution in [-0.4, -0.2) is 12.1 Å². The Balaban J connectivity index is 1.72. The first kappa shape index (κ1) is 17.1. The summed E-state index contributed by atoms with van der Waals surface area (Å²) in [6.45, 7) is 2.35. The molecule has 3 rings (SSSR count). The summed E-state index contributed by atoms with van der Waals surface area (Å²) in [6, 6.07) is 11.2. The molecule has 0 unspecified atom stereocenters. The second-order valence-corrected chi connectivity index (χ2v) is 6.85. The van der Waals surface area contributed by atoms with Crippen molar-refractivity contribution in [3.05, 3.63) is 62.4 Å². The van der Waals surface area contributed by atoms with E-state index in [4.69, 9.17) is 32.7 Å². The molecule has 0 bridgehead atoms. The fraction of sp³-hybridized carbons (Fsp3) is 0.167. The third-order valence-electron chi connectivity index (χ3n) is 3.59. The van der Waals surface area contributed by atoms with Crippen LogP contribution >= 0.6 is 34.5 Å². The van der Waals surface area contributed by atoms with Gasteiger partial charge in [-0.15, -0.1) is 11.3 Å². The summed E-state index contributed by atoms with van der Waals surface area (Å²) in [6.07, 6.45) is 0. The number of benzene rings is 2. The first-order chi connectivity index (χ1) is 11.6. The number of halogens is 2. The highest BCUT2D eigenvalue weighted by molar-refractivity contribution is 7.09. The van der Waals surface area contributed by atoms with Crippen LogP contribution in [0.1, 0.15) is 10.6 Å². The van der Waals surface area contributed by atoms with E-state index in [9.17, 15) is 0 Å². The maximum Gasteiger partial charge on any atom is 0.140 e. The average molecular weight is 380 g/mol. The van der Waals surface area contributed by atoms with Gasteiger partial charge in [0.05, 0.1) is 22.8 Å². The Labute approximate surface area is 154 Å². The number of hydrogen-bond donors (Lipinski definition) is 0. The third-order valence-corrected chi connectivity index (χ3v) is 5.31. The van der Waals surface area contributed by atoms with Crippen LogP contribution in [-0.2, 0) is 6.61 Å². The van der Waals surface area contributed by atoms with Crippen molar-refractivity contribution in [2.75, 3.05) is 7.11 Å². The van der Waals surface area contributed by atoms with Crippen LogP contribution in [0.2, 0.25) is 10.0 Å². The minimum atomic E-state index is 0.414. The summed E-state index contributed by atoms with van der Waals surface area (Å²) in [5, 5.41) is 4.01. The van der Waals surface area contributed by atoms with Gasteiger partial charge in [-0.3, -0.25) is 0 Å². The van der Waals surface area contributed by atoms with E-state index in [1.165, 1.54) is 0 Å². The highest BCUT2D eigenvalue weighted by atomic mass is 35.5. The molecule has 0 aliphatic heterocycles. The zero-order valence-electron chi connectivity index (χ0n) is 13.2. The number of aromatic nitrogens is 1. The van der Waals surface area contributed by atoms with Gasteiger partial charge in [-0.25, -0.2) is 4.98 Å². The Morgan fingerprint density at radius 1 is 1.04 bits per heavy atom. The minimum absolute atomic E-state index is 0.414. The van der Waals surface area contributed by atoms with Crippen molar-refractivity contribution in [1.29, 1.82) is 0 Å². The summed E-state index contributed by atoms with van der Waals surface area (Å²) in [4.78, 5) is 4.63. The van der Waals surface area contributed by atoms with Crippen LogP contribution in [0.15, 0.2) is 41.8 Å². The number of thiazole rings is 1. The van der Waals surface area contributed by atoms with Crippen LogP contribution in [0.25, 0.3) is 11.3 Å². The van der Waals surface area contributed by atoms with E-state index < -0.39 is 0 Å². The number of ether oxygens (including phenoxy) is 2. The summed E-state index contributed by atoms with van der Waals surface area (Å²) in [7, 11) is 1.64. The highest BCUT2D eigenvalue weighted by Gasteiger charge is 2.12. The first-order valence-electron chi connectivity index (χ1n) is 7.24. The van der Waals surface area contributed by atoms with Gasteiger partial charge in [0.25, 0.3) is 0 Å². The van der Waals surface area contributed by atoms with Gasteiger partial charge in [0.15, 0.2) is 0 Å². The monoisotopic (exact) mass is 379 g/mol. The van der Waals surface area contributed by atoms with Crippen molar-refractivity contribution in [1.82, 2.24) is 4.98 Å². The molecule has 0 radical (unpaired) electrons. The third kappa shape index (κ3) is 3.66. The Morgan fingerprint density at radius 2 is 1.75 bits per heavy atom. The lowest BCUT2D eigenvalue weighted by Crippen LogP contribution is -1.95. The van der Waals surface area contributed by atoms with Crippen molar-refractivity contribution in [2.45, 2.75) is 13.5 Å². The molecule has 0 aliphatic carbocycles. The lowest BCUT2D eigenvalue weighted by molar-refractivity contribution is 0.305. The molecule has 24 heavy (non-hydrogen) atoms.